The molecule has 1 aromatic carbocycles. The Morgan fingerprint density at radius 3 is 2.80 bits per heavy atom. The number of hydrogen-bond donors (Lipinski definition) is 0. The van der Waals surface area contributed by atoms with Crippen LogP contribution in [0.3, 0.4) is 0 Å². The van der Waals surface area contributed by atoms with Crippen LogP contribution in [0.4, 0.5) is 5.69 Å². The van der Waals surface area contributed by atoms with Crippen molar-refractivity contribution < 1.29 is 4.74 Å². The van der Waals surface area contributed by atoms with Crippen LogP contribution in [0.15, 0.2) is 22.8 Å². The SMILES string of the molecule is [C-]#[N+]c1c(OC2CC2)cc(Cl)cc1-c1c(Br)cnn1C. The van der Waals surface area contributed by atoms with Crippen LogP contribution < -0.4 is 4.74 Å². The second kappa shape index (κ2) is 5.12. The topological polar surface area (TPSA) is 31.4 Å². The summed E-state index contributed by atoms with van der Waals surface area (Å²) < 4.78 is 8.34. The van der Waals surface area contributed by atoms with Gasteiger partial charge in [-0.05, 0) is 40.9 Å². The summed E-state index contributed by atoms with van der Waals surface area (Å²) >= 11 is 9.64. The molecule has 2 aromatic rings. The molecule has 102 valence electrons. The van der Waals surface area contributed by atoms with Gasteiger partial charge in [-0.2, -0.15) is 5.10 Å². The van der Waals surface area contributed by atoms with Gasteiger partial charge in [0.2, 0.25) is 5.69 Å². The van der Waals surface area contributed by atoms with E-state index in [0.717, 1.165) is 28.6 Å². The van der Waals surface area contributed by atoms with E-state index >= 15 is 0 Å². The summed E-state index contributed by atoms with van der Waals surface area (Å²) in [5.74, 6) is 0.554. The molecular weight excluding hydrogens is 342 g/mol. The zero-order chi connectivity index (χ0) is 14.3. The molecule has 3 rings (SSSR count). The maximum absolute atomic E-state index is 7.46. The van der Waals surface area contributed by atoms with Crippen LogP contribution >= 0.6 is 27.5 Å². The van der Waals surface area contributed by atoms with Crippen LogP contribution in [0.1, 0.15) is 12.8 Å². The average Bonchev–Trinajstić information content (AvgIpc) is 3.14. The predicted octanol–water partition coefficient (Wildman–Crippen LogP) is 4.59. The van der Waals surface area contributed by atoms with Crippen LogP contribution in [-0.2, 0) is 7.05 Å². The number of halogens is 2. The third-order valence-electron chi connectivity index (χ3n) is 3.12. The summed E-state index contributed by atoms with van der Waals surface area (Å²) in [6.45, 7) is 7.46. The Morgan fingerprint density at radius 1 is 1.50 bits per heavy atom. The van der Waals surface area contributed by atoms with E-state index in [2.05, 4.69) is 25.9 Å². The number of aromatic nitrogens is 2. The van der Waals surface area contributed by atoms with Crippen LogP contribution in [0.25, 0.3) is 16.1 Å². The molecule has 0 N–H and O–H groups in total. The van der Waals surface area contributed by atoms with Gasteiger partial charge in [-0.1, -0.05) is 11.6 Å². The Hall–Kier alpha value is -1.51. The summed E-state index contributed by atoms with van der Waals surface area (Å²) in [6.07, 6.45) is 3.99. The van der Waals surface area contributed by atoms with Crippen molar-refractivity contribution in [3.63, 3.8) is 0 Å². The zero-order valence-corrected chi connectivity index (χ0v) is 13.1. The highest BCUT2D eigenvalue weighted by Crippen LogP contribution is 2.44. The van der Waals surface area contributed by atoms with E-state index in [-0.39, 0.29) is 6.10 Å². The van der Waals surface area contributed by atoms with Crippen LogP contribution in [0.5, 0.6) is 5.75 Å². The van der Waals surface area contributed by atoms with Crippen LogP contribution in [-0.4, -0.2) is 15.9 Å². The van der Waals surface area contributed by atoms with Gasteiger partial charge in [0.25, 0.3) is 0 Å². The fraction of sp³-hybridized carbons (Fsp3) is 0.286. The molecule has 0 spiro atoms. The molecule has 0 atom stereocenters. The monoisotopic (exact) mass is 351 g/mol. The Kier molecular flexibility index (Phi) is 3.45. The Bertz CT molecular complexity index is 696. The lowest BCUT2D eigenvalue weighted by Crippen LogP contribution is -1.98. The third kappa shape index (κ3) is 2.41. The van der Waals surface area contributed by atoms with Crippen molar-refractivity contribution in [3.8, 4) is 17.0 Å². The molecule has 0 saturated heterocycles. The number of hydrogen-bond acceptors (Lipinski definition) is 2. The normalized spacial score (nSPS) is 14.1. The summed E-state index contributed by atoms with van der Waals surface area (Å²) in [5.41, 5.74) is 2.03. The number of aryl methyl sites for hydroxylation is 1. The molecule has 1 aliphatic rings. The van der Waals surface area contributed by atoms with E-state index in [9.17, 15) is 0 Å². The Labute approximate surface area is 130 Å². The molecule has 0 aliphatic heterocycles. The smallest absolute Gasteiger partial charge is 0.237 e. The highest BCUT2D eigenvalue weighted by molar-refractivity contribution is 9.10. The molecule has 1 saturated carbocycles. The van der Waals surface area contributed by atoms with Gasteiger partial charge >= 0.3 is 0 Å². The van der Waals surface area contributed by atoms with Crippen molar-refractivity contribution in [2.45, 2.75) is 18.9 Å². The lowest BCUT2D eigenvalue weighted by molar-refractivity contribution is 0.305. The van der Waals surface area contributed by atoms with Crippen LogP contribution in [0, 0.1) is 6.57 Å². The molecule has 0 radical (unpaired) electrons. The van der Waals surface area contributed by atoms with Crippen LogP contribution in [0.2, 0.25) is 5.02 Å². The van der Waals surface area contributed by atoms with E-state index in [4.69, 9.17) is 22.9 Å². The minimum Gasteiger partial charge on any atom is -0.501 e. The van der Waals surface area contributed by atoms with Gasteiger partial charge in [-0.3, -0.25) is 4.68 Å². The van der Waals surface area contributed by atoms with Gasteiger partial charge in [0.1, 0.15) is 5.75 Å². The maximum Gasteiger partial charge on any atom is 0.237 e. The Morgan fingerprint density at radius 2 is 2.25 bits per heavy atom. The second-order valence-electron chi connectivity index (χ2n) is 4.69. The van der Waals surface area contributed by atoms with Crippen molar-refractivity contribution in [1.29, 1.82) is 0 Å². The predicted molar refractivity (Wildman–Crippen MR) is 81.3 cm³/mol. The van der Waals surface area contributed by atoms with Crippen molar-refractivity contribution in [3.05, 3.63) is 39.2 Å². The maximum atomic E-state index is 7.46. The van der Waals surface area contributed by atoms with E-state index < -0.39 is 0 Å². The first-order valence-corrected chi connectivity index (χ1v) is 7.32. The van der Waals surface area contributed by atoms with Gasteiger partial charge in [-0.15, -0.1) is 0 Å². The number of benzene rings is 1. The first kappa shape index (κ1) is 13.5. The highest BCUT2D eigenvalue weighted by Gasteiger charge is 2.26. The minimum atomic E-state index is 0.219. The third-order valence-corrected chi connectivity index (χ3v) is 3.92. The fourth-order valence-corrected chi connectivity index (χ4v) is 2.81. The largest absolute Gasteiger partial charge is 0.501 e. The highest BCUT2D eigenvalue weighted by atomic mass is 79.9. The van der Waals surface area contributed by atoms with Crippen molar-refractivity contribution in [1.82, 2.24) is 9.78 Å². The molecule has 4 nitrogen and oxygen atoms in total. The molecular formula is C14H11BrClN3O. The molecule has 0 bridgehead atoms. The standard InChI is InChI=1S/C14H11BrClN3O/c1-17-13-10(14-11(15)7-18-19(14)2)5-8(16)6-12(13)20-9-3-4-9/h5-7,9H,3-4H2,2H3. The van der Waals surface area contributed by atoms with E-state index in [1.54, 1.807) is 23.0 Å². The summed E-state index contributed by atoms with van der Waals surface area (Å²) in [6, 6.07) is 3.48. The molecule has 20 heavy (non-hydrogen) atoms. The van der Waals surface area contributed by atoms with Gasteiger partial charge < -0.3 is 4.74 Å². The average molecular weight is 353 g/mol. The van der Waals surface area contributed by atoms with E-state index in [1.807, 2.05) is 7.05 Å². The van der Waals surface area contributed by atoms with Crippen molar-refractivity contribution >= 4 is 33.2 Å². The number of nitrogens with zero attached hydrogens (tertiary/aromatic N) is 3. The van der Waals surface area contributed by atoms with E-state index in [1.165, 1.54) is 0 Å². The number of ether oxygens (including phenoxy) is 1. The van der Waals surface area contributed by atoms with Gasteiger partial charge in [0.05, 0.1) is 29.0 Å². The molecule has 0 unspecified atom stereocenters. The molecule has 6 heteroatoms. The summed E-state index contributed by atoms with van der Waals surface area (Å²) in [4.78, 5) is 3.64. The van der Waals surface area contributed by atoms with Gasteiger partial charge in [0.15, 0.2) is 0 Å². The summed E-state index contributed by atoms with van der Waals surface area (Å²) in [7, 11) is 1.83. The molecule has 1 aliphatic carbocycles. The van der Waals surface area contributed by atoms with Gasteiger partial charge in [-0.25, -0.2) is 4.85 Å². The molecule has 1 aromatic heterocycles. The second-order valence-corrected chi connectivity index (χ2v) is 5.98. The minimum absolute atomic E-state index is 0.219. The lowest BCUT2D eigenvalue weighted by atomic mass is 10.1. The molecule has 0 amide bonds. The molecule has 1 fully saturated rings. The first-order chi connectivity index (χ1) is 9.60. The van der Waals surface area contributed by atoms with Crippen molar-refractivity contribution in [2.24, 2.45) is 7.05 Å². The first-order valence-electron chi connectivity index (χ1n) is 6.15. The quantitative estimate of drug-likeness (QED) is 0.756. The summed E-state index contributed by atoms with van der Waals surface area (Å²) in [5, 5.41) is 4.74. The number of rotatable bonds is 3. The molecule has 1 heterocycles. The Balaban J connectivity index is 2.19. The van der Waals surface area contributed by atoms with Gasteiger partial charge in [0, 0.05) is 17.6 Å². The zero-order valence-electron chi connectivity index (χ0n) is 10.7. The fourth-order valence-electron chi connectivity index (χ4n) is 2.04. The lowest BCUT2D eigenvalue weighted by Gasteiger charge is -2.12. The van der Waals surface area contributed by atoms with Crippen molar-refractivity contribution in [2.75, 3.05) is 0 Å². The van der Waals surface area contributed by atoms with E-state index in [0.29, 0.717) is 16.5 Å².